The first-order chi connectivity index (χ1) is 5.77. The van der Waals surface area contributed by atoms with Crippen LogP contribution >= 0.6 is 0 Å². The Morgan fingerprint density at radius 1 is 1.75 bits per heavy atom. The number of aromatic nitrogens is 2. The molecule has 1 heterocycles. The highest BCUT2D eigenvalue weighted by Gasteiger charge is 2.00. The third-order valence-electron chi connectivity index (χ3n) is 1.73. The number of aromatic amines is 1. The Hall–Kier alpha value is -1.31. The first kappa shape index (κ1) is 8.78. The number of H-pyrrole nitrogens is 1. The lowest BCUT2D eigenvalue weighted by atomic mass is 10.1. The van der Waals surface area contributed by atoms with Gasteiger partial charge in [0.25, 0.3) is 0 Å². The molecule has 0 fully saturated rings. The summed E-state index contributed by atoms with van der Waals surface area (Å²) in [6.45, 7) is 7.77. The Morgan fingerprint density at radius 2 is 2.50 bits per heavy atom. The van der Waals surface area contributed by atoms with Gasteiger partial charge < -0.3 is 0 Å². The zero-order valence-electron chi connectivity index (χ0n) is 7.59. The minimum Gasteiger partial charge on any atom is -0.282 e. The Labute approximate surface area is 73.0 Å². The molecule has 2 nitrogen and oxygen atoms in total. The molecule has 1 aromatic rings. The van der Waals surface area contributed by atoms with Gasteiger partial charge in [-0.2, -0.15) is 5.10 Å². The van der Waals surface area contributed by atoms with Crippen LogP contribution < -0.4 is 0 Å². The van der Waals surface area contributed by atoms with Crippen molar-refractivity contribution in [2.24, 2.45) is 0 Å². The van der Waals surface area contributed by atoms with Gasteiger partial charge >= 0.3 is 0 Å². The number of hydrogen-bond acceptors (Lipinski definition) is 1. The molecule has 1 rings (SSSR count). The van der Waals surface area contributed by atoms with Gasteiger partial charge in [0.05, 0.1) is 5.69 Å². The predicted octanol–water partition coefficient (Wildman–Crippen LogP) is 2.70. The second-order valence-corrected chi connectivity index (χ2v) is 2.72. The Morgan fingerprint density at radius 3 is 2.92 bits per heavy atom. The van der Waals surface area contributed by atoms with Crippen LogP contribution in [0.1, 0.15) is 24.7 Å². The van der Waals surface area contributed by atoms with Crippen molar-refractivity contribution >= 4 is 5.57 Å². The van der Waals surface area contributed by atoms with Crippen molar-refractivity contribution in [2.75, 3.05) is 0 Å². The average molecular weight is 162 g/mol. The fraction of sp³-hybridized carbons (Fsp3) is 0.300. The van der Waals surface area contributed by atoms with E-state index in [0.29, 0.717) is 0 Å². The van der Waals surface area contributed by atoms with Crippen molar-refractivity contribution in [3.63, 3.8) is 0 Å². The normalized spacial score (nSPS) is 11.7. The van der Waals surface area contributed by atoms with E-state index in [1.165, 1.54) is 5.57 Å². The first-order valence-corrected chi connectivity index (χ1v) is 4.12. The summed E-state index contributed by atoms with van der Waals surface area (Å²) in [4.78, 5) is 0. The van der Waals surface area contributed by atoms with Crippen LogP contribution in [-0.4, -0.2) is 10.2 Å². The molecular weight excluding hydrogens is 148 g/mol. The van der Waals surface area contributed by atoms with E-state index in [1.807, 2.05) is 19.1 Å². The van der Waals surface area contributed by atoms with Crippen LogP contribution in [0.5, 0.6) is 0 Å². The van der Waals surface area contributed by atoms with Gasteiger partial charge in [-0.25, -0.2) is 0 Å². The van der Waals surface area contributed by atoms with Crippen molar-refractivity contribution in [3.8, 4) is 0 Å². The van der Waals surface area contributed by atoms with Crippen LogP contribution in [0, 0.1) is 6.92 Å². The Bertz CT molecular complexity index is 295. The number of allylic oxidation sites excluding steroid dienone is 3. The summed E-state index contributed by atoms with van der Waals surface area (Å²) in [6, 6.07) is 2.04. The minimum absolute atomic E-state index is 0.982. The topological polar surface area (TPSA) is 28.7 Å². The number of hydrogen-bond donors (Lipinski definition) is 1. The van der Waals surface area contributed by atoms with Gasteiger partial charge in [-0.15, -0.1) is 0 Å². The molecule has 1 N–H and O–H groups in total. The lowest BCUT2D eigenvalue weighted by Gasteiger charge is -1.96. The fourth-order valence-corrected chi connectivity index (χ4v) is 1.11. The summed E-state index contributed by atoms with van der Waals surface area (Å²) in [5.41, 5.74) is 3.33. The molecule has 0 aliphatic heterocycles. The molecule has 0 aliphatic rings. The molecule has 0 amide bonds. The molecule has 2 heteroatoms. The van der Waals surface area contributed by atoms with Gasteiger partial charge in [0.15, 0.2) is 0 Å². The number of nitrogens with one attached hydrogen (secondary N) is 1. The van der Waals surface area contributed by atoms with Crippen LogP contribution in [0.3, 0.4) is 0 Å². The van der Waals surface area contributed by atoms with Crippen LogP contribution in [0.4, 0.5) is 0 Å². The van der Waals surface area contributed by atoms with E-state index in [0.717, 1.165) is 17.8 Å². The third kappa shape index (κ3) is 1.84. The molecule has 0 aliphatic carbocycles. The SMILES string of the molecule is C=C/C=C(\CC)c1cc(C)[nH]n1. The highest BCUT2D eigenvalue weighted by Crippen LogP contribution is 2.15. The number of nitrogens with zero attached hydrogens (tertiary/aromatic N) is 1. The van der Waals surface area contributed by atoms with E-state index in [1.54, 1.807) is 6.08 Å². The summed E-state index contributed by atoms with van der Waals surface area (Å²) in [5.74, 6) is 0. The van der Waals surface area contributed by atoms with Crippen molar-refractivity contribution in [3.05, 3.63) is 36.2 Å². The van der Waals surface area contributed by atoms with Gasteiger partial charge in [-0.05, 0) is 25.0 Å². The molecular formula is C10H14N2. The van der Waals surface area contributed by atoms with Crippen LogP contribution in [0.2, 0.25) is 0 Å². The maximum atomic E-state index is 4.16. The maximum absolute atomic E-state index is 4.16. The molecule has 0 atom stereocenters. The molecule has 0 saturated heterocycles. The van der Waals surface area contributed by atoms with Gasteiger partial charge in [-0.3, -0.25) is 5.10 Å². The quantitative estimate of drug-likeness (QED) is 0.680. The second-order valence-electron chi connectivity index (χ2n) is 2.72. The Kier molecular flexibility index (Phi) is 2.86. The zero-order valence-corrected chi connectivity index (χ0v) is 7.59. The number of rotatable bonds is 3. The molecule has 0 saturated carbocycles. The van der Waals surface area contributed by atoms with Crippen molar-refractivity contribution in [1.82, 2.24) is 10.2 Å². The summed E-state index contributed by atoms with van der Waals surface area (Å²) < 4.78 is 0. The second kappa shape index (κ2) is 3.90. The van der Waals surface area contributed by atoms with E-state index in [2.05, 4.69) is 23.7 Å². The van der Waals surface area contributed by atoms with Gasteiger partial charge in [0, 0.05) is 5.69 Å². The molecule has 0 spiro atoms. The van der Waals surface area contributed by atoms with Crippen molar-refractivity contribution in [2.45, 2.75) is 20.3 Å². The standard InChI is InChI=1S/C10H14N2/c1-4-6-9(5-2)10-7-8(3)11-12-10/h4,6-7H,1,5H2,2-3H3,(H,11,12)/b9-6+. The van der Waals surface area contributed by atoms with E-state index >= 15 is 0 Å². The van der Waals surface area contributed by atoms with E-state index in [-0.39, 0.29) is 0 Å². The third-order valence-corrected chi connectivity index (χ3v) is 1.73. The van der Waals surface area contributed by atoms with Gasteiger partial charge in [0.2, 0.25) is 0 Å². The minimum atomic E-state index is 0.982. The van der Waals surface area contributed by atoms with Crippen LogP contribution in [0.25, 0.3) is 5.57 Å². The van der Waals surface area contributed by atoms with Crippen molar-refractivity contribution in [1.29, 1.82) is 0 Å². The molecule has 0 radical (unpaired) electrons. The molecule has 0 unspecified atom stereocenters. The summed E-state index contributed by atoms with van der Waals surface area (Å²) >= 11 is 0. The number of aryl methyl sites for hydroxylation is 1. The highest BCUT2D eigenvalue weighted by molar-refractivity contribution is 5.63. The van der Waals surface area contributed by atoms with E-state index < -0.39 is 0 Å². The van der Waals surface area contributed by atoms with Crippen molar-refractivity contribution < 1.29 is 0 Å². The molecule has 0 bridgehead atoms. The molecule has 64 valence electrons. The fourth-order valence-electron chi connectivity index (χ4n) is 1.11. The maximum Gasteiger partial charge on any atom is 0.0882 e. The molecule has 12 heavy (non-hydrogen) atoms. The molecule has 0 aromatic carbocycles. The van der Waals surface area contributed by atoms with Crippen LogP contribution in [-0.2, 0) is 0 Å². The lowest BCUT2D eigenvalue weighted by Crippen LogP contribution is -1.81. The molecule has 1 aromatic heterocycles. The average Bonchev–Trinajstić information content (AvgIpc) is 2.47. The van der Waals surface area contributed by atoms with E-state index in [9.17, 15) is 0 Å². The predicted molar refractivity (Wildman–Crippen MR) is 51.8 cm³/mol. The summed E-state index contributed by atoms with van der Waals surface area (Å²) in [5, 5.41) is 7.08. The summed E-state index contributed by atoms with van der Waals surface area (Å²) in [6.07, 6.45) is 4.77. The Balaban J connectivity index is 2.94. The van der Waals surface area contributed by atoms with Gasteiger partial charge in [0.1, 0.15) is 0 Å². The highest BCUT2D eigenvalue weighted by atomic mass is 15.1. The lowest BCUT2D eigenvalue weighted by molar-refractivity contribution is 1.03. The van der Waals surface area contributed by atoms with E-state index in [4.69, 9.17) is 0 Å². The monoisotopic (exact) mass is 162 g/mol. The first-order valence-electron chi connectivity index (χ1n) is 4.12. The van der Waals surface area contributed by atoms with Crippen LogP contribution in [0.15, 0.2) is 24.8 Å². The zero-order chi connectivity index (χ0) is 8.97. The van der Waals surface area contributed by atoms with Gasteiger partial charge in [-0.1, -0.05) is 25.7 Å². The smallest absolute Gasteiger partial charge is 0.0882 e. The largest absolute Gasteiger partial charge is 0.282 e. The summed E-state index contributed by atoms with van der Waals surface area (Å²) in [7, 11) is 0.